The highest BCUT2D eigenvalue weighted by Crippen LogP contribution is 2.24. The van der Waals surface area contributed by atoms with Crippen LogP contribution in [0.2, 0.25) is 0 Å². The van der Waals surface area contributed by atoms with E-state index in [1.807, 2.05) is 12.1 Å². The summed E-state index contributed by atoms with van der Waals surface area (Å²) in [4.78, 5) is 12.1. The molecule has 0 aliphatic rings. The summed E-state index contributed by atoms with van der Waals surface area (Å²) in [6, 6.07) is 7.22. The molecule has 4 nitrogen and oxygen atoms in total. The third-order valence-corrected chi connectivity index (χ3v) is 3.66. The molecule has 0 fully saturated rings. The molecule has 1 aromatic rings. The van der Waals surface area contributed by atoms with Gasteiger partial charge in [0.2, 0.25) is 0 Å². The van der Waals surface area contributed by atoms with Gasteiger partial charge in [0.25, 0.3) is 0 Å². The van der Waals surface area contributed by atoms with Crippen LogP contribution in [0.1, 0.15) is 36.2 Å². The van der Waals surface area contributed by atoms with E-state index in [1.165, 1.54) is 0 Å². The van der Waals surface area contributed by atoms with E-state index in [4.69, 9.17) is 0 Å². The molecule has 4 heteroatoms. The van der Waals surface area contributed by atoms with E-state index in [1.54, 1.807) is 40.1 Å². The molecule has 1 rings (SSSR count). The van der Waals surface area contributed by atoms with Crippen molar-refractivity contribution in [2.24, 2.45) is 0 Å². The van der Waals surface area contributed by atoms with Crippen LogP contribution < -0.4 is 0 Å². The van der Waals surface area contributed by atoms with Gasteiger partial charge < -0.3 is 10.2 Å². The number of carbonyl (C=O) groups is 1. The lowest BCUT2D eigenvalue weighted by molar-refractivity contribution is -1.01. The number of Topliss-reactive ketones (excluding diaryl/α,β-unsaturated/α-hetero) is 1. The van der Waals surface area contributed by atoms with Crippen LogP contribution in [-0.4, -0.2) is 40.5 Å². The average Bonchev–Trinajstić information content (AvgIpc) is 2.37. The van der Waals surface area contributed by atoms with Crippen LogP contribution in [0.4, 0.5) is 0 Å². The van der Waals surface area contributed by atoms with Gasteiger partial charge in [-0.05, 0) is 12.5 Å². The molecular formula is C16H24NO3+. The van der Waals surface area contributed by atoms with Crippen molar-refractivity contribution in [1.29, 1.82) is 0 Å². The zero-order valence-corrected chi connectivity index (χ0v) is 12.7. The molecule has 1 aromatic carbocycles. The molecule has 0 aliphatic carbocycles. The fraction of sp³-hybridized carbons (Fsp3) is 0.438. The molecule has 0 amide bonds. The first kappa shape index (κ1) is 16.6. The van der Waals surface area contributed by atoms with E-state index in [0.29, 0.717) is 17.7 Å². The minimum Gasteiger partial charge on any atom is -0.319 e. The Balaban J connectivity index is 3.17. The number of rotatable bonds is 6. The lowest BCUT2D eigenvalue weighted by Crippen LogP contribution is -2.58. The number of ketones is 1. The zero-order chi connectivity index (χ0) is 15.6. The molecule has 2 N–H and O–H groups in total. The smallest absolute Gasteiger partial charge is 0.313 e. The summed E-state index contributed by atoms with van der Waals surface area (Å²) in [5, 5.41) is 20.2. The van der Waals surface area contributed by atoms with Crippen LogP contribution in [0.15, 0.2) is 36.4 Å². The van der Waals surface area contributed by atoms with Gasteiger partial charge >= 0.3 is 5.91 Å². The van der Waals surface area contributed by atoms with E-state index in [9.17, 15) is 15.0 Å². The number of quaternary nitrogens is 1. The molecule has 0 saturated heterocycles. The zero-order valence-electron chi connectivity index (χ0n) is 12.7. The molecule has 110 valence electrons. The first-order valence-corrected chi connectivity index (χ1v) is 6.68. The summed E-state index contributed by atoms with van der Waals surface area (Å²) in [5.41, 5.74) is 1.82. The van der Waals surface area contributed by atoms with Crippen molar-refractivity contribution < 1.29 is 19.5 Å². The predicted molar refractivity (Wildman–Crippen MR) is 78.9 cm³/mol. The Labute approximate surface area is 120 Å². The van der Waals surface area contributed by atoms with Crippen LogP contribution >= 0.6 is 0 Å². The number of hydrogen-bond donors (Lipinski definition) is 2. The highest BCUT2D eigenvalue weighted by molar-refractivity contribution is 6.08. The molecule has 0 aliphatic heterocycles. The van der Waals surface area contributed by atoms with E-state index < -0.39 is 5.91 Å². The first-order valence-electron chi connectivity index (χ1n) is 6.68. The van der Waals surface area contributed by atoms with Gasteiger partial charge in [0.05, 0.1) is 20.5 Å². The molecule has 0 heterocycles. The number of hydrogen-bond acceptors (Lipinski definition) is 3. The fourth-order valence-electron chi connectivity index (χ4n) is 2.09. The van der Waals surface area contributed by atoms with Crippen LogP contribution in [-0.2, 0) is 6.54 Å². The Hall–Kier alpha value is -1.49. The van der Waals surface area contributed by atoms with Gasteiger partial charge in [-0.2, -0.15) is 0 Å². The largest absolute Gasteiger partial charge is 0.319 e. The Morgan fingerprint density at radius 2 is 1.85 bits per heavy atom. The van der Waals surface area contributed by atoms with Gasteiger partial charge in [0.15, 0.2) is 5.78 Å². The van der Waals surface area contributed by atoms with Crippen molar-refractivity contribution in [1.82, 2.24) is 0 Å². The lowest BCUT2D eigenvalue weighted by atomic mass is 9.99. The molecule has 0 bridgehead atoms. The topological polar surface area (TPSA) is 57.5 Å². The molecule has 0 spiro atoms. The van der Waals surface area contributed by atoms with Crippen LogP contribution in [0.25, 0.3) is 0 Å². The van der Waals surface area contributed by atoms with Gasteiger partial charge in [0, 0.05) is 11.1 Å². The monoisotopic (exact) mass is 278 g/mol. The highest BCUT2D eigenvalue weighted by Gasteiger charge is 2.40. The Morgan fingerprint density at radius 1 is 1.30 bits per heavy atom. The van der Waals surface area contributed by atoms with Gasteiger partial charge in [-0.3, -0.25) is 9.28 Å². The van der Waals surface area contributed by atoms with Gasteiger partial charge in [-0.25, -0.2) is 0 Å². The van der Waals surface area contributed by atoms with Gasteiger partial charge in [-0.15, -0.1) is 0 Å². The number of aliphatic hydroxyl groups is 2. The van der Waals surface area contributed by atoms with Crippen molar-refractivity contribution in [3.63, 3.8) is 0 Å². The molecule has 0 aromatic heterocycles. The Kier molecular flexibility index (Phi) is 4.86. The third-order valence-electron chi connectivity index (χ3n) is 3.66. The number of nitrogens with zero attached hydrogens (tertiary/aromatic N) is 1. The minimum absolute atomic E-state index is 0.0377. The second-order valence-corrected chi connectivity index (χ2v) is 5.74. The summed E-state index contributed by atoms with van der Waals surface area (Å²) in [5.74, 6) is -1.95. The number of carbonyl (C=O) groups excluding carboxylic acids is 1. The molecule has 0 saturated carbocycles. The standard InChI is InChI=1S/C16H24NO3/c1-6-16(19,20)17(4,5)11-13-9-7-8-10-14(13)15(18)12(2)3/h7-10,19-20H,2,6,11H2,1,3-5H3/q+1. The van der Waals surface area contributed by atoms with Gasteiger partial charge in [-0.1, -0.05) is 37.8 Å². The highest BCUT2D eigenvalue weighted by atomic mass is 16.5. The summed E-state index contributed by atoms with van der Waals surface area (Å²) in [6.07, 6.45) is 0.205. The quantitative estimate of drug-likeness (QED) is 0.362. The maximum Gasteiger partial charge on any atom is 0.313 e. The molecule has 0 atom stereocenters. The molecule has 20 heavy (non-hydrogen) atoms. The van der Waals surface area contributed by atoms with E-state index >= 15 is 0 Å². The normalized spacial score (nSPS) is 12.3. The summed E-state index contributed by atoms with van der Waals surface area (Å²) < 4.78 is -0.0377. The second kappa shape index (κ2) is 5.87. The summed E-state index contributed by atoms with van der Waals surface area (Å²) in [6.45, 7) is 7.41. The van der Waals surface area contributed by atoms with E-state index in [2.05, 4.69) is 6.58 Å². The minimum atomic E-state index is -1.83. The lowest BCUT2D eigenvalue weighted by Gasteiger charge is -2.40. The van der Waals surface area contributed by atoms with Crippen molar-refractivity contribution in [3.8, 4) is 0 Å². The van der Waals surface area contributed by atoms with Crippen molar-refractivity contribution in [2.75, 3.05) is 14.1 Å². The maximum atomic E-state index is 12.1. The maximum absolute atomic E-state index is 12.1. The average molecular weight is 278 g/mol. The Bertz CT molecular complexity index is 518. The summed E-state index contributed by atoms with van der Waals surface area (Å²) in [7, 11) is 3.46. The van der Waals surface area contributed by atoms with Crippen molar-refractivity contribution in [3.05, 3.63) is 47.5 Å². The number of allylic oxidation sites excluding steroid dienone is 1. The van der Waals surface area contributed by atoms with Crippen molar-refractivity contribution in [2.45, 2.75) is 32.7 Å². The van der Waals surface area contributed by atoms with Crippen LogP contribution in [0.3, 0.4) is 0 Å². The fourth-order valence-corrected chi connectivity index (χ4v) is 2.09. The van der Waals surface area contributed by atoms with Crippen LogP contribution in [0.5, 0.6) is 0 Å². The van der Waals surface area contributed by atoms with E-state index in [-0.39, 0.29) is 16.7 Å². The SMILES string of the molecule is C=C(C)C(=O)c1ccccc1C[N+](C)(C)C(O)(O)CC. The van der Waals surface area contributed by atoms with E-state index in [0.717, 1.165) is 5.56 Å². The predicted octanol–water partition coefficient (Wildman–Crippen LogP) is 2.07. The number of benzene rings is 1. The molecule has 0 unspecified atom stereocenters. The van der Waals surface area contributed by atoms with Gasteiger partial charge in [0.1, 0.15) is 6.54 Å². The molecule has 0 radical (unpaired) electrons. The Morgan fingerprint density at radius 3 is 2.35 bits per heavy atom. The summed E-state index contributed by atoms with van der Waals surface area (Å²) >= 11 is 0. The second-order valence-electron chi connectivity index (χ2n) is 5.74. The van der Waals surface area contributed by atoms with Crippen molar-refractivity contribution >= 4 is 5.78 Å². The third kappa shape index (κ3) is 3.33. The van der Waals surface area contributed by atoms with Crippen LogP contribution in [0, 0.1) is 0 Å². The molecular weight excluding hydrogens is 254 g/mol. The first-order chi connectivity index (χ1) is 9.12.